The molecule has 0 amide bonds. The van der Waals surface area contributed by atoms with Gasteiger partial charge in [0.1, 0.15) is 5.76 Å². The average molecular weight is 420 g/mol. The third kappa shape index (κ3) is 6.04. The van der Waals surface area contributed by atoms with Crippen LogP contribution in [0.1, 0.15) is 22.6 Å². The largest absolute Gasteiger partial charge is 0.467 e. The lowest BCUT2D eigenvalue weighted by atomic mass is 10.4. The number of nitrogens with zero attached hydrogens (tertiary/aromatic N) is 2. The summed E-state index contributed by atoms with van der Waals surface area (Å²) in [5, 5.41) is 7.64. The van der Waals surface area contributed by atoms with E-state index in [1.54, 1.807) is 24.6 Å². The molecule has 2 aromatic rings. The third-order valence-electron chi connectivity index (χ3n) is 2.81. The molecule has 2 aromatic heterocycles. The highest BCUT2D eigenvalue weighted by atomic mass is 127. The van der Waals surface area contributed by atoms with E-state index in [-0.39, 0.29) is 24.0 Å². The molecule has 2 heterocycles. The molecule has 116 valence electrons. The van der Waals surface area contributed by atoms with Crippen molar-refractivity contribution in [2.45, 2.75) is 26.3 Å². The first kappa shape index (κ1) is 18.0. The molecular weight excluding hydrogens is 399 g/mol. The summed E-state index contributed by atoms with van der Waals surface area (Å²) < 4.78 is 5.26. The molecule has 0 saturated heterocycles. The Morgan fingerprint density at radius 3 is 2.90 bits per heavy atom. The number of hydrogen-bond acceptors (Lipinski definition) is 4. The Labute approximate surface area is 146 Å². The van der Waals surface area contributed by atoms with E-state index < -0.39 is 0 Å². The zero-order chi connectivity index (χ0) is 14.2. The number of aliphatic imine (C=N–C) groups is 1. The monoisotopic (exact) mass is 420 g/mol. The molecule has 0 fully saturated rings. The number of aryl methyl sites for hydroxylation is 1. The zero-order valence-electron chi connectivity index (χ0n) is 12.3. The predicted molar refractivity (Wildman–Crippen MR) is 97.5 cm³/mol. The fourth-order valence-electron chi connectivity index (χ4n) is 1.72. The fraction of sp³-hybridized carbons (Fsp3) is 0.429. The first-order valence-electron chi connectivity index (χ1n) is 6.72. The number of thiazole rings is 1. The molecule has 0 aliphatic rings. The maximum absolute atomic E-state index is 5.26. The SMILES string of the molecule is CCc1cnc(CCNC(=NC)NCc2ccco2)s1.I. The van der Waals surface area contributed by atoms with Crippen molar-refractivity contribution < 1.29 is 4.42 Å². The van der Waals surface area contributed by atoms with E-state index in [0.717, 1.165) is 36.1 Å². The summed E-state index contributed by atoms with van der Waals surface area (Å²) >= 11 is 1.78. The summed E-state index contributed by atoms with van der Waals surface area (Å²) in [5.41, 5.74) is 0. The van der Waals surface area contributed by atoms with Gasteiger partial charge in [0.15, 0.2) is 5.96 Å². The Morgan fingerprint density at radius 1 is 1.43 bits per heavy atom. The minimum absolute atomic E-state index is 0. The number of halogens is 1. The van der Waals surface area contributed by atoms with Crippen molar-refractivity contribution in [2.24, 2.45) is 4.99 Å². The van der Waals surface area contributed by atoms with Crippen molar-refractivity contribution in [3.05, 3.63) is 40.2 Å². The molecular formula is C14H21IN4OS. The van der Waals surface area contributed by atoms with E-state index in [0.29, 0.717) is 6.54 Å². The normalized spacial score (nSPS) is 11.0. The van der Waals surface area contributed by atoms with Crippen molar-refractivity contribution in [1.29, 1.82) is 0 Å². The van der Waals surface area contributed by atoms with Gasteiger partial charge in [-0.3, -0.25) is 4.99 Å². The Balaban J connectivity index is 0.00000220. The van der Waals surface area contributed by atoms with Crippen LogP contribution in [0, 0.1) is 0 Å². The first-order valence-corrected chi connectivity index (χ1v) is 7.54. The van der Waals surface area contributed by atoms with Gasteiger partial charge >= 0.3 is 0 Å². The molecule has 0 aromatic carbocycles. The molecule has 2 rings (SSSR count). The molecule has 0 unspecified atom stereocenters. The molecule has 7 heteroatoms. The van der Waals surface area contributed by atoms with Gasteiger partial charge in [-0.2, -0.15) is 0 Å². The number of rotatable bonds is 6. The molecule has 0 aliphatic heterocycles. The van der Waals surface area contributed by atoms with E-state index in [1.165, 1.54) is 4.88 Å². The van der Waals surface area contributed by atoms with Crippen LogP contribution in [-0.4, -0.2) is 24.5 Å². The Hall–Kier alpha value is -1.09. The number of nitrogens with one attached hydrogen (secondary N) is 2. The van der Waals surface area contributed by atoms with E-state index in [1.807, 2.05) is 18.3 Å². The van der Waals surface area contributed by atoms with Gasteiger partial charge < -0.3 is 15.1 Å². The summed E-state index contributed by atoms with van der Waals surface area (Å²) in [7, 11) is 1.76. The number of aromatic nitrogens is 1. The van der Waals surface area contributed by atoms with Gasteiger partial charge in [-0.15, -0.1) is 35.3 Å². The summed E-state index contributed by atoms with van der Waals surface area (Å²) in [5.74, 6) is 1.66. The first-order chi connectivity index (χ1) is 9.81. The summed E-state index contributed by atoms with van der Waals surface area (Å²) in [6.45, 7) is 3.59. The van der Waals surface area contributed by atoms with Crippen LogP contribution in [0.2, 0.25) is 0 Å². The van der Waals surface area contributed by atoms with E-state index >= 15 is 0 Å². The molecule has 2 N–H and O–H groups in total. The zero-order valence-corrected chi connectivity index (χ0v) is 15.4. The second kappa shape index (κ2) is 9.78. The molecule has 0 radical (unpaired) electrons. The van der Waals surface area contributed by atoms with Crippen LogP contribution >= 0.6 is 35.3 Å². The topological polar surface area (TPSA) is 62.5 Å². The van der Waals surface area contributed by atoms with Crippen molar-refractivity contribution in [2.75, 3.05) is 13.6 Å². The predicted octanol–water partition coefficient (Wildman–Crippen LogP) is 2.82. The van der Waals surface area contributed by atoms with Gasteiger partial charge in [0, 0.05) is 31.1 Å². The quantitative estimate of drug-likeness (QED) is 0.429. The van der Waals surface area contributed by atoms with Gasteiger partial charge in [0.2, 0.25) is 0 Å². The van der Waals surface area contributed by atoms with E-state index in [2.05, 4.69) is 27.5 Å². The highest BCUT2D eigenvalue weighted by Crippen LogP contribution is 2.13. The summed E-state index contributed by atoms with van der Waals surface area (Å²) in [4.78, 5) is 9.91. The van der Waals surface area contributed by atoms with Crippen LogP contribution in [0.15, 0.2) is 34.0 Å². The van der Waals surface area contributed by atoms with E-state index in [9.17, 15) is 0 Å². The third-order valence-corrected chi connectivity index (χ3v) is 4.02. The second-order valence-corrected chi connectivity index (χ2v) is 5.46. The lowest BCUT2D eigenvalue weighted by molar-refractivity contribution is 0.501. The Kier molecular flexibility index (Phi) is 8.36. The van der Waals surface area contributed by atoms with Crippen LogP contribution in [0.3, 0.4) is 0 Å². The lowest BCUT2D eigenvalue weighted by Gasteiger charge is -2.09. The van der Waals surface area contributed by atoms with E-state index in [4.69, 9.17) is 4.42 Å². The van der Waals surface area contributed by atoms with Gasteiger partial charge in [-0.1, -0.05) is 6.92 Å². The minimum atomic E-state index is 0. The van der Waals surface area contributed by atoms with Crippen LogP contribution in [-0.2, 0) is 19.4 Å². The Morgan fingerprint density at radius 2 is 2.29 bits per heavy atom. The molecule has 0 aliphatic carbocycles. The van der Waals surface area contributed by atoms with Crippen LogP contribution in [0.25, 0.3) is 0 Å². The molecule has 0 atom stereocenters. The molecule has 0 bridgehead atoms. The number of hydrogen-bond donors (Lipinski definition) is 2. The maximum Gasteiger partial charge on any atom is 0.191 e. The van der Waals surface area contributed by atoms with Crippen molar-refractivity contribution >= 4 is 41.3 Å². The van der Waals surface area contributed by atoms with Crippen LogP contribution < -0.4 is 10.6 Å². The minimum Gasteiger partial charge on any atom is -0.467 e. The maximum atomic E-state index is 5.26. The number of guanidine groups is 1. The summed E-state index contributed by atoms with van der Waals surface area (Å²) in [6.07, 6.45) is 5.59. The van der Waals surface area contributed by atoms with Gasteiger partial charge in [0.25, 0.3) is 0 Å². The highest BCUT2D eigenvalue weighted by molar-refractivity contribution is 14.0. The fourth-order valence-corrected chi connectivity index (χ4v) is 2.58. The molecule has 0 saturated carbocycles. The van der Waals surface area contributed by atoms with Crippen molar-refractivity contribution in [3.8, 4) is 0 Å². The molecule has 21 heavy (non-hydrogen) atoms. The van der Waals surface area contributed by atoms with Gasteiger partial charge in [-0.25, -0.2) is 4.98 Å². The second-order valence-electron chi connectivity index (χ2n) is 4.26. The standard InChI is InChI=1S/C14H20N4OS.HI/c1-3-12-10-17-13(20-12)6-7-16-14(15-2)18-9-11-5-4-8-19-11;/h4-5,8,10H,3,6-7,9H2,1-2H3,(H2,15,16,18);1H. The smallest absolute Gasteiger partial charge is 0.191 e. The van der Waals surface area contributed by atoms with Crippen molar-refractivity contribution in [1.82, 2.24) is 15.6 Å². The average Bonchev–Trinajstić information content (AvgIpc) is 3.13. The number of furan rings is 1. The van der Waals surface area contributed by atoms with Gasteiger partial charge in [0.05, 0.1) is 17.8 Å². The molecule has 5 nitrogen and oxygen atoms in total. The summed E-state index contributed by atoms with van der Waals surface area (Å²) in [6, 6.07) is 3.81. The lowest BCUT2D eigenvalue weighted by Crippen LogP contribution is -2.37. The Bertz CT molecular complexity index is 539. The van der Waals surface area contributed by atoms with Crippen molar-refractivity contribution in [3.63, 3.8) is 0 Å². The van der Waals surface area contributed by atoms with Gasteiger partial charge in [-0.05, 0) is 18.6 Å². The van der Waals surface area contributed by atoms with Crippen LogP contribution in [0.4, 0.5) is 0 Å². The molecule has 0 spiro atoms. The van der Waals surface area contributed by atoms with Crippen LogP contribution in [0.5, 0.6) is 0 Å². The highest BCUT2D eigenvalue weighted by Gasteiger charge is 2.02.